The minimum Gasteiger partial charge on any atom is -0.481 e. The van der Waals surface area contributed by atoms with Gasteiger partial charge in [-0.1, -0.05) is 0 Å². The summed E-state index contributed by atoms with van der Waals surface area (Å²) in [5.41, 5.74) is -0.256. The number of hydrogen-bond acceptors (Lipinski definition) is 5. The second kappa shape index (κ2) is 6.33. The summed E-state index contributed by atoms with van der Waals surface area (Å²) in [6.07, 6.45) is 0.607. The van der Waals surface area contributed by atoms with E-state index in [1.165, 1.54) is 0 Å². The van der Waals surface area contributed by atoms with Crippen molar-refractivity contribution in [2.75, 3.05) is 19.8 Å². The van der Waals surface area contributed by atoms with E-state index < -0.39 is 21.4 Å². The number of aryl methyl sites for hydroxylation is 1. The van der Waals surface area contributed by atoms with Crippen LogP contribution in [0.2, 0.25) is 0 Å². The Morgan fingerprint density at radius 1 is 1.52 bits per heavy atom. The maximum atomic E-state index is 12.3. The van der Waals surface area contributed by atoms with Crippen molar-refractivity contribution < 1.29 is 23.1 Å². The van der Waals surface area contributed by atoms with Crippen LogP contribution in [0.15, 0.2) is 14.1 Å². The van der Waals surface area contributed by atoms with Crippen LogP contribution in [0, 0.1) is 12.3 Å². The average Bonchev–Trinajstić information content (AvgIpc) is 2.78. The molecule has 1 aliphatic rings. The molecule has 1 aliphatic heterocycles. The number of carboxylic acids is 1. The van der Waals surface area contributed by atoms with Crippen LogP contribution in [0.4, 0.5) is 0 Å². The van der Waals surface area contributed by atoms with E-state index in [-0.39, 0.29) is 10.8 Å². The Balaban J connectivity index is 2.15. The summed E-state index contributed by atoms with van der Waals surface area (Å²) < 4.78 is 33.0. The number of thiophene rings is 1. The molecule has 1 fully saturated rings. The highest BCUT2D eigenvalue weighted by Gasteiger charge is 2.41. The summed E-state index contributed by atoms with van der Waals surface area (Å²) in [5, 5.41) is 9.41. The lowest BCUT2D eigenvalue weighted by atomic mass is 9.80. The number of carboxylic acid groups (broad SMARTS) is 1. The Bertz CT molecular complexity index is 615. The smallest absolute Gasteiger partial charge is 0.311 e. The van der Waals surface area contributed by atoms with Crippen molar-refractivity contribution in [3.05, 3.63) is 15.4 Å². The minimum atomic E-state index is -3.70. The summed E-state index contributed by atoms with van der Waals surface area (Å²) in [6.45, 7) is 2.34. The van der Waals surface area contributed by atoms with Gasteiger partial charge in [-0.05, 0) is 47.3 Å². The summed E-state index contributed by atoms with van der Waals surface area (Å²) in [5.74, 6) is -0.989. The Morgan fingerprint density at radius 3 is 2.62 bits per heavy atom. The first-order valence-electron chi connectivity index (χ1n) is 6.34. The zero-order chi connectivity index (χ0) is 15.7. The van der Waals surface area contributed by atoms with Gasteiger partial charge < -0.3 is 9.84 Å². The third-order valence-electron chi connectivity index (χ3n) is 3.60. The molecule has 0 unspecified atom stereocenters. The lowest BCUT2D eigenvalue weighted by molar-refractivity contribution is -0.154. The molecule has 1 aromatic heterocycles. The fourth-order valence-corrected chi connectivity index (χ4v) is 5.49. The van der Waals surface area contributed by atoms with Crippen LogP contribution in [-0.4, -0.2) is 39.3 Å². The Labute approximate surface area is 135 Å². The molecule has 6 nitrogen and oxygen atoms in total. The lowest BCUT2D eigenvalue weighted by Gasteiger charge is -2.32. The van der Waals surface area contributed by atoms with Gasteiger partial charge in [0.15, 0.2) is 0 Å². The Kier molecular flexibility index (Phi) is 5.09. The van der Waals surface area contributed by atoms with Crippen molar-refractivity contribution in [2.45, 2.75) is 24.0 Å². The molecule has 0 saturated carbocycles. The number of nitrogens with one attached hydrogen (secondary N) is 1. The van der Waals surface area contributed by atoms with Gasteiger partial charge in [0.1, 0.15) is 4.21 Å². The monoisotopic (exact) mass is 397 g/mol. The topological polar surface area (TPSA) is 92.7 Å². The molecular weight excluding hydrogens is 382 g/mol. The SMILES string of the molecule is Cc1cc(S(=O)(=O)NCC2(C(=O)O)CCOCC2)sc1Br. The number of ether oxygens (including phenoxy) is 1. The molecule has 118 valence electrons. The predicted octanol–water partition coefficient (Wildman–Crippen LogP) is 1.98. The maximum absolute atomic E-state index is 12.3. The van der Waals surface area contributed by atoms with Gasteiger partial charge in [-0.25, -0.2) is 13.1 Å². The highest BCUT2D eigenvalue weighted by atomic mass is 79.9. The van der Waals surface area contributed by atoms with Gasteiger partial charge in [0, 0.05) is 19.8 Å². The molecule has 0 aromatic carbocycles. The van der Waals surface area contributed by atoms with Crippen LogP contribution in [-0.2, 0) is 19.6 Å². The largest absolute Gasteiger partial charge is 0.481 e. The Hall–Kier alpha value is -0.480. The third kappa shape index (κ3) is 3.65. The zero-order valence-electron chi connectivity index (χ0n) is 11.4. The molecule has 0 radical (unpaired) electrons. The summed E-state index contributed by atoms with van der Waals surface area (Å²) >= 11 is 4.39. The third-order valence-corrected chi connectivity index (χ3v) is 7.62. The van der Waals surface area contributed by atoms with Gasteiger partial charge in [0.25, 0.3) is 0 Å². The first-order valence-corrected chi connectivity index (χ1v) is 9.43. The van der Waals surface area contributed by atoms with Gasteiger partial charge in [-0.15, -0.1) is 11.3 Å². The summed E-state index contributed by atoms with van der Waals surface area (Å²) in [4.78, 5) is 11.5. The van der Waals surface area contributed by atoms with Crippen LogP contribution >= 0.6 is 27.3 Å². The molecule has 2 rings (SSSR count). The molecule has 0 spiro atoms. The van der Waals surface area contributed by atoms with E-state index in [2.05, 4.69) is 20.7 Å². The van der Waals surface area contributed by atoms with Crippen LogP contribution in [0.1, 0.15) is 18.4 Å². The normalized spacial score (nSPS) is 18.6. The average molecular weight is 398 g/mol. The van der Waals surface area contributed by atoms with E-state index in [9.17, 15) is 18.3 Å². The highest BCUT2D eigenvalue weighted by Crippen LogP contribution is 2.33. The first-order chi connectivity index (χ1) is 9.77. The molecule has 0 bridgehead atoms. The number of carbonyl (C=O) groups is 1. The second-order valence-electron chi connectivity index (χ2n) is 5.04. The van der Waals surface area contributed by atoms with Gasteiger partial charge in [0.2, 0.25) is 10.0 Å². The molecule has 1 saturated heterocycles. The van der Waals surface area contributed by atoms with Gasteiger partial charge >= 0.3 is 5.97 Å². The molecule has 21 heavy (non-hydrogen) atoms. The van der Waals surface area contributed by atoms with E-state index in [1.54, 1.807) is 13.0 Å². The molecule has 0 amide bonds. The van der Waals surface area contributed by atoms with Crippen LogP contribution < -0.4 is 4.72 Å². The molecule has 0 atom stereocenters. The standard InChI is InChI=1S/C12H16BrNO5S2/c1-8-6-9(20-10(8)13)21(17,18)14-7-12(11(15)16)2-4-19-5-3-12/h6,14H,2-5,7H2,1H3,(H,15,16). The fourth-order valence-electron chi connectivity index (χ4n) is 2.10. The molecule has 2 N–H and O–H groups in total. The number of hydrogen-bond donors (Lipinski definition) is 2. The van der Waals surface area contributed by atoms with Gasteiger partial charge in [0.05, 0.1) is 9.20 Å². The fraction of sp³-hybridized carbons (Fsp3) is 0.583. The molecular formula is C12H16BrNO5S2. The summed E-state index contributed by atoms with van der Waals surface area (Å²) in [6, 6.07) is 1.56. The molecule has 9 heteroatoms. The van der Waals surface area contributed by atoms with Crippen LogP contribution in [0.5, 0.6) is 0 Å². The van der Waals surface area contributed by atoms with E-state index in [4.69, 9.17) is 4.74 Å². The van der Waals surface area contributed by atoms with Gasteiger partial charge in [-0.3, -0.25) is 4.79 Å². The maximum Gasteiger partial charge on any atom is 0.311 e. The quantitative estimate of drug-likeness (QED) is 0.791. The number of aliphatic carboxylic acids is 1. The summed E-state index contributed by atoms with van der Waals surface area (Å²) in [7, 11) is -3.70. The van der Waals surface area contributed by atoms with E-state index in [0.29, 0.717) is 26.1 Å². The number of sulfonamides is 1. The van der Waals surface area contributed by atoms with Crippen molar-refractivity contribution >= 4 is 43.3 Å². The van der Waals surface area contributed by atoms with Crippen molar-refractivity contribution in [1.29, 1.82) is 0 Å². The number of halogens is 1. The van der Waals surface area contributed by atoms with Crippen molar-refractivity contribution in [2.24, 2.45) is 5.41 Å². The van der Waals surface area contributed by atoms with Crippen LogP contribution in [0.25, 0.3) is 0 Å². The first kappa shape index (κ1) is 16.9. The van der Waals surface area contributed by atoms with E-state index in [1.807, 2.05) is 0 Å². The van der Waals surface area contributed by atoms with E-state index >= 15 is 0 Å². The van der Waals surface area contributed by atoms with Crippen LogP contribution in [0.3, 0.4) is 0 Å². The highest BCUT2D eigenvalue weighted by molar-refractivity contribution is 9.11. The van der Waals surface area contributed by atoms with Crippen molar-refractivity contribution in [3.63, 3.8) is 0 Å². The lowest BCUT2D eigenvalue weighted by Crippen LogP contribution is -2.46. The molecule has 2 heterocycles. The van der Waals surface area contributed by atoms with Crippen molar-refractivity contribution in [3.8, 4) is 0 Å². The molecule has 0 aliphatic carbocycles. The minimum absolute atomic E-state index is 0.122. The Morgan fingerprint density at radius 2 is 2.14 bits per heavy atom. The van der Waals surface area contributed by atoms with E-state index in [0.717, 1.165) is 20.7 Å². The number of rotatable bonds is 5. The van der Waals surface area contributed by atoms with Gasteiger partial charge in [-0.2, -0.15) is 0 Å². The zero-order valence-corrected chi connectivity index (χ0v) is 14.6. The van der Waals surface area contributed by atoms with Crippen molar-refractivity contribution in [1.82, 2.24) is 4.72 Å². The second-order valence-corrected chi connectivity index (χ2v) is 9.41. The molecule has 1 aromatic rings. The predicted molar refractivity (Wildman–Crippen MR) is 82.1 cm³/mol.